The maximum Gasteiger partial charge on any atom is 0.373 e. The molecule has 4 aliphatic rings. The highest BCUT2D eigenvalue weighted by Crippen LogP contribution is 2.52. The van der Waals surface area contributed by atoms with Gasteiger partial charge in [0.05, 0.1) is 40.3 Å². The summed E-state index contributed by atoms with van der Waals surface area (Å²) in [4.78, 5) is 28.1. The van der Waals surface area contributed by atoms with Gasteiger partial charge in [0.25, 0.3) is 0 Å². The first-order valence-corrected chi connectivity index (χ1v) is 20.3. The molecule has 2 heterocycles. The Labute approximate surface area is 316 Å². The fraction of sp³-hybridized carbons (Fsp3) is 0.632. The van der Waals surface area contributed by atoms with E-state index >= 15 is 0 Å². The van der Waals surface area contributed by atoms with Crippen LogP contribution in [0, 0.1) is 0 Å². The number of hydrogen-bond donors (Lipinski definition) is 2. The highest BCUT2D eigenvalue weighted by molar-refractivity contribution is 9.10. The summed E-state index contributed by atoms with van der Waals surface area (Å²) in [5, 5.41) is 0. The van der Waals surface area contributed by atoms with Gasteiger partial charge >= 0.3 is 12.1 Å². The number of hydrogen-bond acceptors (Lipinski definition) is 8. The molecule has 276 valence electrons. The van der Waals surface area contributed by atoms with Gasteiger partial charge in [0.2, 0.25) is 0 Å². The van der Waals surface area contributed by atoms with Crippen LogP contribution in [0.25, 0.3) is 0 Å². The molecule has 0 aromatic heterocycles. The topological polar surface area (TPSA) is 134 Å². The number of benzene rings is 2. The van der Waals surface area contributed by atoms with Crippen LogP contribution in [0.5, 0.6) is 11.5 Å². The monoisotopic (exact) mass is 838 g/mol. The van der Waals surface area contributed by atoms with Crippen LogP contribution in [-0.4, -0.2) is 39.4 Å². The fourth-order valence-electron chi connectivity index (χ4n) is 8.05. The van der Waals surface area contributed by atoms with E-state index < -0.39 is 16.5 Å². The molecule has 2 aromatic carbocycles. The Hall–Kier alpha value is -2.08. The minimum absolute atomic E-state index is 0.121. The smallest absolute Gasteiger partial charge is 0.373 e. The zero-order valence-corrected chi connectivity index (χ0v) is 34.0. The van der Waals surface area contributed by atoms with Gasteiger partial charge in [-0.05, 0) is 115 Å². The van der Waals surface area contributed by atoms with Crippen LogP contribution in [0.15, 0.2) is 45.3 Å². The van der Waals surface area contributed by atoms with E-state index in [1.54, 1.807) is 0 Å². The quantitative estimate of drug-likeness (QED) is 0.286. The molecule has 2 saturated carbocycles. The zero-order valence-electron chi connectivity index (χ0n) is 30.0. The van der Waals surface area contributed by atoms with Crippen molar-refractivity contribution in [3.05, 3.63) is 56.5 Å². The summed E-state index contributed by atoms with van der Waals surface area (Å²) in [7, 11) is 0.276. The summed E-state index contributed by atoms with van der Waals surface area (Å²) in [6, 6.07) is 12.1. The van der Waals surface area contributed by atoms with E-state index in [0.29, 0.717) is 6.42 Å². The third kappa shape index (κ3) is 9.47. The summed E-state index contributed by atoms with van der Waals surface area (Å²) in [6.07, 6.45) is 14.3. The average Bonchev–Trinajstić information content (AvgIpc) is 3.06. The van der Waals surface area contributed by atoms with Gasteiger partial charge in [-0.1, -0.05) is 51.6 Å². The molecule has 0 amide bonds. The van der Waals surface area contributed by atoms with E-state index in [1.165, 1.54) is 32.8 Å². The molecule has 2 fully saturated rings. The minimum Gasteiger partial charge on any atom is -0.487 e. The largest absolute Gasteiger partial charge is 0.487 e. The number of halogens is 2. The SMILES string of the molecule is CCC1(NS(=O)C(C)(C)C)CC2(CCCCC2)Oc2ccc(Br)cc21.COC(=O)CC1(N)CC2(CCCCC2)Oc2ccc(Br)cc21.O=C=O. The number of nitrogens with two attached hydrogens (primary N) is 1. The molecule has 9 nitrogen and oxygen atoms in total. The highest BCUT2D eigenvalue weighted by Gasteiger charge is 2.51. The fourth-order valence-corrected chi connectivity index (χ4v) is 9.76. The molecule has 12 heteroatoms. The molecule has 6 rings (SSSR count). The van der Waals surface area contributed by atoms with E-state index in [0.717, 1.165) is 82.9 Å². The first kappa shape index (κ1) is 40.7. The lowest BCUT2D eigenvalue weighted by atomic mass is 9.70. The van der Waals surface area contributed by atoms with Gasteiger partial charge in [-0.3, -0.25) is 4.79 Å². The normalized spacial score (nSPS) is 25.0. The van der Waals surface area contributed by atoms with Crippen molar-refractivity contribution in [2.24, 2.45) is 5.73 Å². The third-order valence-electron chi connectivity index (χ3n) is 10.5. The van der Waals surface area contributed by atoms with Gasteiger partial charge < -0.3 is 19.9 Å². The Balaban J connectivity index is 0.000000210. The Morgan fingerprint density at radius 2 is 1.34 bits per heavy atom. The van der Waals surface area contributed by atoms with E-state index in [2.05, 4.69) is 55.6 Å². The van der Waals surface area contributed by atoms with Gasteiger partial charge in [0.1, 0.15) is 22.7 Å². The van der Waals surface area contributed by atoms with E-state index in [1.807, 2.05) is 45.0 Å². The Kier molecular flexibility index (Phi) is 13.6. The summed E-state index contributed by atoms with van der Waals surface area (Å²) < 4.78 is 36.1. The van der Waals surface area contributed by atoms with Gasteiger partial charge in [-0.25, -0.2) is 8.93 Å². The number of carbonyl (C=O) groups is 1. The highest BCUT2D eigenvalue weighted by atomic mass is 79.9. The van der Waals surface area contributed by atoms with Crippen LogP contribution in [-0.2, 0) is 41.2 Å². The Morgan fingerprint density at radius 1 is 0.880 bits per heavy atom. The summed E-state index contributed by atoms with van der Waals surface area (Å²) >= 11 is 7.09. The molecule has 2 aliphatic carbocycles. The molecule has 2 spiro atoms. The van der Waals surface area contributed by atoms with Crippen LogP contribution < -0.4 is 19.9 Å². The number of ether oxygens (including phenoxy) is 3. The maximum atomic E-state index is 13.0. The van der Waals surface area contributed by atoms with Crippen molar-refractivity contribution in [2.45, 2.75) is 145 Å². The lowest BCUT2D eigenvalue weighted by molar-refractivity contribution is -0.191. The molecule has 0 radical (unpaired) electrons. The predicted octanol–water partition coefficient (Wildman–Crippen LogP) is 8.66. The Bertz CT molecular complexity index is 1560. The summed E-state index contributed by atoms with van der Waals surface area (Å²) in [5.41, 5.74) is 7.35. The summed E-state index contributed by atoms with van der Waals surface area (Å²) in [5.74, 6) is 1.49. The summed E-state index contributed by atoms with van der Waals surface area (Å²) in [6.45, 7) is 8.27. The maximum absolute atomic E-state index is 13.0. The van der Waals surface area contributed by atoms with Crippen molar-refractivity contribution in [3.8, 4) is 11.5 Å². The number of rotatable bonds is 5. The first-order chi connectivity index (χ1) is 23.6. The van der Waals surface area contributed by atoms with Crippen molar-refractivity contribution >= 4 is 55.0 Å². The van der Waals surface area contributed by atoms with Gasteiger partial charge in [0, 0.05) is 32.9 Å². The first-order valence-electron chi connectivity index (χ1n) is 17.6. The molecule has 3 N–H and O–H groups in total. The molecule has 3 atom stereocenters. The number of methoxy groups -OCH3 is 1. The van der Waals surface area contributed by atoms with Crippen molar-refractivity contribution in [1.29, 1.82) is 0 Å². The zero-order chi connectivity index (χ0) is 36.8. The van der Waals surface area contributed by atoms with Gasteiger partial charge in [0.15, 0.2) is 0 Å². The van der Waals surface area contributed by atoms with Gasteiger partial charge in [-0.2, -0.15) is 9.59 Å². The molecule has 2 aromatic rings. The number of nitrogens with one attached hydrogen (secondary N) is 1. The number of fused-ring (bicyclic) bond motifs is 2. The molecular weight excluding hydrogens is 788 g/mol. The van der Waals surface area contributed by atoms with E-state index in [4.69, 9.17) is 29.5 Å². The van der Waals surface area contributed by atoms with Crippen LogP contribution in [0.3, 0.4) is 0 Å². The second-order valence-corrected chi connectivity index (χ2v) is 19.0. The van der Waals surface area contributed by atoms with Gasteiger partial charge in [-0.15, -0.1) is 0 Å². The molecule has 2 aliphatic heterocycles. The third-order valence-corrected chi connectivity index (χ3v) is 13.2. The van der Waals surface area contributed by atoms with Crippen LogP contribution in [0.2, 0.25) is 0 Å². The minimum atomic E-state index is -1.13. The lowest BCUT2D eigenvalue weighted by Gasteiger charge is -2.50. The van der Waals surface area contributed by atoms with E-state index in [-0.39, 0.29) is 40.0 Å². The van der Waals surface area contributed by atoms with Crippen LogP contribution in [0.1, 0.15) is 129 Å². The second-order valence-electron chi connectivity index (χ2n) is 15.2. The molecule has 50 heavy (non-hydrogen) atoms. The van der Waals surface area contributed by atoms with E-state index in [9.17, 15) is 9.00 Å². The lowest BCUT2D eigenvalue weighted by Crippen LogP contribution is -2.57. The molecular formula is C38H52Br2N2O7S. The molecule has 3 unspecified atom stereocenters. The van der Waals surface area contributed by atoms with Crippen LogP contribution in [0.4, 0.5) is 0 Å². The molecule has 0 bridgehead atoms. The number of carbonyl (C=O) groups excluding carboxylic acids is 3. The Morgan fingerprint density at radius 3 is 1.80 bits per heavy atom. The van der Waals surface area contributed by atoms with Crippen molar-refractivity contribution in [3.63, 3.8) is 0 Å². The number of esters is 1. The van der Waals surface area contributed by atoms with Crippen LogP contribution >= 0.6 is 31.9 Å². The van der Waals surface area contributed by atoms with Crippen molar-refractivity contribution < 1.29 is 32.8 Å². The molecule has 0 saturated heterocycles. The second kappa shape index (κ2) is 16.7. The van der Waals surface area contributed by atoms with Crippen molar-refractivity contribution in [1.82, 2.24) is 4.72 Å². The predicted molar refractivity (Wildman–Crippen MR) is 201 cm³/mol. The average molecular weight is 841 g/mol. The standard InChI is InChI=1S/C20H30BrNO2S.C17H22BrNO3.CO2/c1-5-20(22-25(23)18(2,3)4)14-19(11-7-6-8-12-19)24-17-10-9-15(21)13-16(17)20;1-21-15(20)10-17(19)11-16(7-3-2-4-8-16)22-14-6-5-12(18)9-13(14)17;2-1-3/h9-10,13,22H,5-8,11-12,14H2,1-4H3;5-6,9H,2-4,7-8,10-11,19H2,1H3;. The van der Waals surface area contributed by atoms with Crippen molar-refractivity contribution in [2.75, 3.05) is 7.11 Å².